The zero-order valence-corrected chi connectivity index (χ0v) is 12.6. The van der Waals surface area contributed by atoms with Crippen LogP contribution in [0.2, 0.25) is 0 Å². The van der Waals surface area contributed by atoms with Gasteiger partial charge < -0.3 is 10.6 Å². The first-order valence-corrected chi connectivity index (χ1v) is 7.20. The summed E-state index contributed by atoms with van der Waals surface area (Å²) >= 11 is 0. The minimum Gasteiger partial charge on any atom is -0.382 e. The van der Waals surface area contributed by atoms with Crippen LogP contribution in [0.5, 0.6) is 0 Å². The maximum absolute atomic E-state index is 7.52. The van der Waals surface area contributed by atoms with Crippen molar-refractivity contribution in [2.75, 3.05) is 31.1 Å². The average Bonchev–Trinajstić information content (AvgIpc) is 2.46. The highest BCUT2D eigenvalue weighted by Gasteiger charge is 2.22. The highest BCUT2D eigenvalue weighted by Crippen LogP contribution is 2.15. The number of nitrogens with one attached hydrogen (secondary N) is 1. The summed E-state index contributed by atoms with van der Waals surface area (Å²) < 4.78 is 0. The maximum Gasteiger partial charge on any atom is 0.226 e. The Bertz CT molecular complexity index is 479. The van der Waals surface area contributed by atoms with Crippen LogP contribution >= 0.6 is 0 Å². The molecule has 0 amide bonds. The maximum atomic E-state index is 7.52. The summed E-state index contributed by atoms with van der Waals surface area (Å²) in [5.74, 6) is 0.689. The molecule has 2 heterocycles. The Balaban J connectivity index is 2.09. The van der Waals surface area contributed by atoms with Crippen LogP contribution in [0.1, 0.15) is 31.7 Å². The Morgan fingerprint density at radius 3 is 2.55 bits per heavy atom. The molecule has 1 unspecified atom stereocenters. The Morgan fingerprint density at radius 2 is 2.00 bits per heavy atom. The molecule has 2 rings (SSSR count). The number of amidine groups is 1. The Morgan fingerprint density at radius 1 is 1.35 bits per heavy atom. The zero-order chi connectivity index (χ0) is 14.7. The summed E-state index contributed by atoms with van der Waals surface area (Å²) in [7, 11) is 0. The van der Waals surface area contributed by atoms with Crippen LogP contribution in [-0.2, 0) is 0 Å². The summed E-state index contributed by atoms with van der Waals surface area (Å²) in [6.45, 7) is 10.3. The molecule has 1 atom stereocenters. The monoisotopic (exact) mass is 276 g/mol. The predicted molar refractivity (Wildman–Crippen MR) is 81.3 cm³/mol. The predicted octanol–water partition coefficient (Wildman–Crippen LogP) is 0.990. The van der Waals surface area contributed by atoms with Crippen LogP contribution in [-0.4, -0.2) is 52.9 Å². The van der Waals surface area contributed by atoms with Crippen molar-refractivity contribution in [1.29, 1.82) is 5.41 Å². The van der Waals surface area contributed by atoms with E-state index < -0.39 is 0 Å². The van der Waals surface area contributed by atoms with Gasteiger partial charge in [-0.05, 0) is 26.3 Å². The van der Waals surface area contributed by atoms with Crippen LogP contribution in [0.15, 0.2) is 6.07 Å². The van der Waals surface area contributed by atoms with Gasteiger partial charge in [0.2, 0.25) is 5.95 Å². The molecule has 0 saturated carbocycles. The topological polar surface area (TPSA) is 82.1 Å². The zero-order valence-electron chi connectivity index (χ0n) is 12.6. The van der Waals surface area contributed by atoms with E-state index in [-0.39, 0.29) is 5.84 Å². The van der Waals surface area contributed by atoms with Crippen LogP contribution in [0.4, 0.5) is 5.95 Å². The van der Waals surface area contributed by atoms with Gasteiger partial charge in [0.05, 0.1) is 0 Å². The number of rotatable bonds is 4. The molecule has 1 aliphatic heterocycles. The van der Waals surface area contributed by atoms with Crippen molar-refractivity contribution in [1.82, 2.24) is 14.9 Å². The number of nitrogens with two attached hydrogens (primary N) is 1. The minimum atomic E-state index is -0.00464. The van der Waals surface area contributed by atoms with Crippen molar-refractivity contribution in [2.45, 2.75) is 33.2 Å². The molecule has 1 aromatic heterocycles. The van der Waals surface area contributed by atoms with Gasteiger partial charge in [0.25, 0.3) is 0 Å². The molecule has 0 bridgehead atoms. The summed E-state index contributed by atoms with van der Waals surface area (Å²) in [6, 6.07) is 2.38. The molecule has 3 N–H and O–H groups in total. The second kappa shape index (κ2) is 6.17. The second-order valence-electron chi connectivity index (χ2n) is 5.39. The smallest absolute Gasteiger partial charge is 0.226 e. The molecule has 0 aromatic carbocycles. The van der Waals surface area contributed by atoms with Gasteiger partial charge in [-0.1, -0.05) is 6.92 Å². The SMILES string of the molecule is CCC(C)N1CCN(c2nc(C)cc(C(=N)N)n2)CC1. The fraction of sp³-hybridized carbons (Fsp3) is 0.643. The molecule has 1 saturated heterocycles. The summed E-state index contributed by atoms with van der Waals surface area (Å²) in [5, 5.41) is 7.52. The van der Waals surface area contributed by atoms with Crippen molar-refractivity contribution in [2.24, 2.45) is 5.73 Å². The van der Waals surface area contributed by atoms with Gasteiger partial charge in [0.1, 0.15) is 11.5 Å². The lowest BCUT2D eigenvalue weighted by molar-refractivity contribution is 0.192. The van der Waals surface area contributed by atoms with Gasteiger partial charge in [-0.15, -0.1) is 0 Å². The largest absolute Gasteiger partial charge is 0.382 e. The third-order valence-corrected chi connectivity index (χ3v) is 3.93. The third-order valence-electron chi connectivity index (χ3n) is 3.93. The lowest BCUT2D eigenvalue weighted by atomic mass is 10.2. The van der Waals surface area contributed by atoms with Gasteiger partial charge >= 0.3 is 0 Å². The van der Waals surface area contributed by atoms with E-state index in [2.05, 4.69) is 33.6 Å². The summed E-state index contributed by atoms with van der Waals surface area (Å²) in [5.41, 5.74) is 6.89. The van der Waals surface area contributed by atoms with Gasteiger partial charge in [-0.2, -0.15) is 0 Å². The van der Waals surface area contributed by atoms with Gasteiger partial charge in [0, 0.05) is 37.9 Å². The molecule has 0 spiro atoms. The average molecular weight is 276 g/mol. The first-order valence-electron chi connectivity index (χ1n) is 7.20. The number of aryl methyl sites for hydroxylation is 1. The van der Waals surface area contributed by atoms with Crippen molar-refractivity contribution >= 4 is 11.8 Å². The first kappa shape index (κ1) is 14.7. The van der Waals surface area contributed by atoms with E-state index in [1.165, 1.54) is 6.42 Å². The number of hydrogen-bond acceptors (Lipinski definition) is 5. The van der Waals surface area contributed by atoms with Crippen molar-refractivity contribution in [3.05, 3.63) is 17.5 Å². The van der Waals surface area contributed by atoms with E-state index in [4.69, 9.17) is 11.1 Å². The van der Waals surface area contributed by atoms with Crippen molar-refractivity contribution in [3.63, 3.8) is 0 Å². The summed E-state index contributed by atoms with van der Waals surface area (Å²) in [4.78, 5) is 13.5. The fourth-order valence-electron chi connectivity index (χ4n) is 2.45. The van der Waals surface area contributed by atoms with Crippen molar-refractivity contribution < 1.29 is 0 Å². The van der Waals surface area contributed by atoms with Gasteiger partial charge in [0.15, 0.2) is 0 Å². The van der Waals surface area contributed by atoms with E-state index in [1.807, 2.05) is 6.92 Å². The number of piperazine rings is 1. The second-order valence-corrected chi connectivity index (χ2v) is 5.39. The van der Waals surface area contributed by atoms with Crippen LogP contribution < -0.4 is 10.6 Å². The molecule has 6 nitrogen and oxygen atoms in total. The molecule has 20 heavy (non-hydrogen) atoms. The van der Waals surface area contributed by atoms with Crippen molar-refractivity contribution in [3.8, 4) is 0 Å². The lowest BCUT2D eigenvalue weighted by Gasteiger charge is -2.37. The molecule has 1 aromatic rings. The summed E-state index contributed by atoms with van der Waals surface area (Å²) in [6.07, 6.45) is 1.18. The van der Waals surface area contributed by atoms with Crippen LogP contribution in [0, 0.1) is 12.3 Å². The highest BCUT2D eigenvalue weighted by molar-refractivity contribution is 5.93. The Kier molecular flexibility index (Phi) is 4.54. The number of aromatic nitrogens is 2. The standard InChI is InChI=1S/C14H24N6/c1-4-11(3)19-5-7-20(8-6-19)14-17-10(2)9-12(18-14)13(15)16/h9,11H,4-8H2,1-3H3,(H3,15,16). The van der Waals surface area contributed by atoms with E-state index in [1.54, 1.807) is 6.07 Å². The molecule has 0 aliphatic carbocycles. The van der Waals surface area contributed by atoms with E-state index >= 15 is 0 Å². The molecule has 110 valence electrons. The van der Waals surface area contributed by atoms with Crippen LogP contribution in [0.3, 0.4) is 0 Å². The Labute approximate surface area is 120 Å². The van der Waals surface area contributed by atoms with E-state index in [0.717, 1.165) is 31.9 Å². The van der Waals surface area contributed by atoms with Crippen LogP contribution in [0.25, 0.3) is 0 Å². The highest BCUT2D eigenvalue weighted by atomic mass is 15.3. The normalized spacial score (nSPS) is 18.1. The quantitative estimate of drug-likeness (QED) is 0.633. The number of hydrogen-bond donors (Lipinski definition) is 2. The molecule has 0 radical (unpaired) electrons. The number of nitrogens with zero attached hydrogens (tertiary/aromatic N) is 4. The van der Waals surface area contributed by atoms with Gasteiger partial charge in [-0.25, -0.2) is 9.97 Å². The lowest BCUT2D eigenvalue weighted by Crippen LogP contribution is -2.50. The molecule has 1 aliphatic rings. The Hall–Kier alpha value is -1.69. The molecular weight excluding hydrogens is 252 g/mol. The fourth-order valence-corrected chi connectivity index (χ4v) is 2.45. The number of nitrogen functional groups attached to an aromatic ring is 1. The molecule has 1 fully saturated rings. The molecule has 6 heteroatoms. The van der Waals surface area contributed by atoms with E-state index in [0.29, 0.717) is 17.7 Å². The third kappa shape index (κ3) is 3.25. The van der Waals surface area contributed by atoms with Gasteiger partial charge in [-0.3, -0.25) is 10.3 Å². The first-order chi connectivity index (χ1) is 9.51. The molecular formula is C14H24N6. The minimum absolute atomic E-state index is 0.00464. The van der Waals surface area contributed by atoms with E-state index in [9.17, 15) is 0 Å². The number of anilines is 1.